The van der Waals surface area contributed by atoms with E-state index in [0.717, 1.165) is 32.9 Å². The van der Waals surface area contributed by atoms with E-state index in [2.05, 4.69) is 17.2 Å². The SMILES string of the molecule is COP(=O)(Nc1cc(-c2ccc(C3CC3)cc2)sc1C(=O)O)c1ccc(C)cc1C. The molecule has 2 aromatic carbocycles. The molecule has 2 N–H and O–H groups in total. The first-order chi connectivity index (χ1) is 14.3. The molecule has 0 amide bonds. The monoisotopic (exact) mass is 441 g/mol. The summed E-state index contributed by atoms with van der Waals surface area (Å²) in [4.78, 5) is 12.8. The average molecular weight is 441 g/mol. The highest BCUT2D eigenvalue weighted by Gasteiger charge is 2.30. The summed E-state index contributed by atoms with van der Waals surface area (Å²) in [5.41, 5.74) is 4.46. The van der Waals surface area contributed by atoms with Gasteiger partial charge < -0.3 is 14.7 Å². The van der Waals surface area contributed by atoms with E-state index in [-0.39, 0.29) is 4.88 Å². The highest BCUT2D eigenvalue weighted by atomic mass is 32.1. The fourth-order valence-electron chi connectivity index (χ4n) is 3.61. The van der Waals surface area contributed by atoms with Crippen molar-refractivity contribution in [2.24, 2.45) is 0 Å². The smallest absolute Gasteiger partial charge is 0.348 e. The molecule has 1 heterocycles. The van der Waals surface area contributed by atoms with Crippen LogP contribution < -0.4 is 10.4 Å². The Balaban J connectivity index is 1.70. The summed E-state index contributed by atoms with van der Waals surface area (Å²) >= 11 is 1.16. The molecule has 0 saturated heterocycles. The quantitative estimate of drug-likeness (QED) is 0.428. The van der Waals surface area contributed by atoms with Gasteiger partial charge in [0.2, 0.25) is 0 Å². The molecule has 1 aromatic heterocycles. The van der Waals surface area contributed by atoms with E-state index in [0.29, 0.717) is 16.9 Å². The largest absolute Gasteiger partial charge is 0.477 e. The molecule has 30 heavy (non-hydrogen) atoms. The van der Waals surface area contributed by atoms with Gasteiger partial charge in [-0.1, -0.05) is 42.0 Å². The van der Waals surface area contributed by atoms with E-state index in [9.17, 15) is 14.5 Å². The maximum atomic E-state index is 13.6. The number of hydrogen-bond acceptors (Lipinski definition) is 4. The van der Waals surface area contributed by atoms with Crippen molar-refractivity contribution in [2.75, 3.05) is 12.2 Å². The van der Waals surface area contributed by atoms with Crippen LogP contribution in [0.4, 0.5) is 5.69 Å². The second-order valence-electron chi connectivity index (χ2n) is 7.69. The second kappa shape index (κ2) is 8.03. The van der Waals surface area contributed by atoms with Gasteiger partial charge in [-0.25, -0.2) is 4.79 Å². The van der Waals surface area contributed by atoms with Gasteiger partial charge in [0.25, 0.3) is 0 Å². The van der Waals surface area contributed by atoms with E-state index in [4.69, 9.17) is 4.52 Å². The van der Waals surface area contributed by atoms with Crippen LogP contribution in [0.25, 0.3) is 10.4 Å². The predicted molar refractivity (Wildman–Crippen MR) is 122 cm³/mol. The van der Waals surface area contributed by atoms with Crippen LogP contribution >= 0.6 is 18.9 Å². The number of rotatable bonds is 7. The minimum Gasteiger partial charge on any atom is -0.477 e. The lowest BCUT2D eigenvalue weighted by molar-refractivity contribution is 0.0703. The van der Waals surface area contributed by atoms with Crippen LogP contribution in [-0.4, -0.2) is 18.2 Å². The molecule has 0 aliphatic heterocycles. The van der Waals surface area contributed by atoms with Gasteiger partial charge in [0.1, 0.15) is 4.88 Å². The molecule has 1 atom stereocenters. The van der Waals surface area contributed by atoms with Crippen molar-refractivity contribution in [1.82, 2.24) is 0 Å². The van der Waals surface area contributed by atoms with Crippen LogP contribution in [-0.2, 0) is 9.09 Å². The van der Waals surface area contributed by atoms with Gasteiger partial charge in [-0.05, 0) is 61.4 Å². The van der Waals surface area contributed by atoms with Crippen molar-refractivity contribution < 1.29 is 19.0 Å². The average Bonchev–Trinajstić information content (AvgIpc) is 3.48. The van der Waals surface area contributed by atoms with Crippen LogP contribution in [0.15, 0.2) is 48.5 Å². The third-order valence-electron chi connectivity index (χ3n) is 5.36. The molecule has 0 spiro atoms. The number of aryl methyl sites for hydroxylation is 2. The summed E-state index contributed by atoms with van der Waals surface area (Å²) in [6, 6.07) is 15.6. The first-order valence-corrected chi connectivity index (χ1v) is 12.2. The molecule has 1 aliphatic rings. The Bertz CT molecular complexity index is 1150. The van der Waals surface area contributed by atoms with Crippen molar-refractivity contribution in [2.45, 2.75) is 32.6 Å². The van der Waals surface area contributed by atoms with Crippen LogP contribution in [0.5, 0.6) is 0 Å². The first-order valence-electron chi connectivity index (χ1n) is 9.80. The Morgan fingerprint density at radius 1 is 1.13 bits per heavy atom. The van der Waals surface area contributed by atoms with Crippen molar-refractivity contribution in [3.05, 3.63) is 70.1 Å². The van der Waals surface area contributed by atoms with Crippen LogP contribution in [0.2, 0.25) is 0 Å². The fraction of sp³-hybridized carbons (Fsp3) is 0.261. The van der Waals surface area contributed by atoms with E-state index in [1.165, 1.54) is 25.5 Å². The third-order valence-corrected chi connectivity index (χ3v) is 8.72. The number of carboxylic acids is 1. The van der Waals surface area contributed by atoms with Crippen molar-refractivity contribution in [3.63, 3.8) is 0 Å². The van der Waals surface area contributed by atoms with E-state index >= 15 is 0 Å². The van der Waals surface area contributed by atoms with E-state index < -0.39 is 13.5 Å². The second-order valence-corrected chi connectivity index (χ2v) is 10.9. The lowest BCUT2D eigenvalue weighted by atomic mass is 10.1. The summed E-state index contributed by atoms with van der Waals surface area (Å²) in [6.07, 6.45) is 2.47. The number of anilines is 1. The maximum absolute atomic E-state index is 13.6. The molecule has 0 bridgehead atoms. The van der Waals surface area contributed by atoms with Gasteiger partial charge in [-0.15, -0.1) is 11.3 Å². The zero-order chi connectivity index (χ0) is 21.5. The first kappa shape index (κ1) is 20.9. The van der Waals surface area contributed by atoms with E-state index in [1.807, 2.05) is 38.1 Å². The number of benzene rings is 2. The highest BCUT2D eigenvalue weighted by Crippen LogP contribution is 2.49. The molecule has 156 valence electrons. The Morgan fingerprint density at radius 2 is 1.83 bits per heavy atom. The topological polar surface area (TPSA) is 75.6 Å². The van der Waals surface area contributed by atoms with Crippen molar-refractivity contribution in [1.29, 1.82) is 0 Å². The van der Waals surface area contributed by atoms with Gasteiger partial charge in [-0.2, -0.15) is 0 Å². The Labute approximate surface area is 180 Å². The van der Waals surface area contributed by atoms with Crippen LogP contribution in [0, 0.1) is 13.8 Å². The lowest BCUT2D eigenvalue weighted by Crippen LogP contribution is -2.17. The number of hydrogen-bond donors (Lipinski definition) is 2. The zero-order valence-corrected chi connectivity index (χ0v) is 18.8. The molecular formula is C23H24NO4PS. The Hall–Kier alpha value is -2.40. The number of thiophene rings is 1. The highest BCUT2D eigenvalue weighted by molar-refractivity contribution is 7.68. The number of aromatic carboxylic acids is 1. The zero-order valence-electron chi connectivity index (χ0n) is 17.1. The van der Waals surface area contributed by atoms with Gasteiger partial charge in [0.05, 0.1) is 11.0 Å². The van der Waals surface area contributed by atoms with Gasteiger partial charge in [-0.3, -0.25) is 4.57 Å². The Morgan fingerprint density at radius 3 is 2.40 bits per heavy atom. The third kappa shape index (κ3) is 4.08. The van der Waals surface area contributed by atoms with Gasteiger partial charge in [0.15, 0.2) is 0 Å². The molecule has 1 fully saturated rings. The number of carbonyl (C=O) groups is 1. The van der Waals surface area contributed by atoms with Crippen molar-refractivity contribution >= 4 is 35.8 Å². The molecule has 7 heteroatoms. The molecule has 5 nitrogen and oxygen atoms in total. The van der Waals surface area contributed by atoms with Crippen LogP contribution in [0.1, 0.15) is 45.1 Å². The summed E-state index contributed by atoms with van der Waals surface area (Å²) in [5.74, 6) is -0.397. The predicted octanol–water partition coefficient (Wildman–Crippen LogP) is 6.18. The molecule has 1 unspecified atom stereocenters. The standard InChI is InChI=1S/C23H24NO4PS/c1-14-4-11-20(15(2)12-14)29(27,28-3)24-19-13-21(30-22(19)23(25)26)18-9-7-17(8-10-18)16-5-6-16/h4,7-13,16H,5-6H2,1-3H3,(H,24,27)(H,25,26). The number of nitrogens with one attached hydrogen (secondary N) is 1. The molecular weight excluding hydrogens is 417 g/mol. The minimum atomic E-state index is -3.50. The normalized spacial score (nSPS) is 15.6. The maximum Gasteiger partial charge on any atom is 0.348 e. The molecule has 4 rings (SSSR count). The molecule has 3 aromatic rings. The summed E-state index contributed by atoms with van der Waals surface area (Å²) < 4.78 is 19.0. The summed E-state index contributed by atoms with van der Waals surface area (Å²) in [5, 5.41) is 13.2. The van der Waals surface area contributed by atoms with Gasteiger partial charge in [0, 0.05) is 12.0 Å². The summed E-state index contributed by atoms with van der Waals surface area (Å²) in [6.45, 7) is 3.83. The van der Waals surface area contributed by atoms with Crippen LogP contribution in [0.3, 0.4) is 0 Å². The lowest BCUT2D eigenvalue weighted by Gasteiger charge is -2.20. The van der Waals surface area contributed by atoms with Crippen molar-refractivity contribution in [3.8, 4) is 10.4 Å². The summed E-state index contributed by atoms with van der Waals surface area (Å²) in [7, 11) is -2.12. The van der Waals surface area contributed by atoms with Gasteiger partial charge >= 0.3 is 13.5 Å². The fourth-order valence-corrected chi connectivity index (χ4v) is 6.34. The number of carboxylic acid groups (broad SMARTS) is 1. The minimum absolute atomic E-state index is 0.110. The molecule has 1 saturated carbocycles. The van der Waals surface area contributed by atoms with E-state index in [1.54, 1.807) is 12.1 Å². The molecule has 0 radical (unpaired) electrons. The Kier molecular flexibility index (Phi) is 5.58. The molecule has 1 aliphatic carbocycles.